The van der Waals surface area contributed by atoms with Crippen molar-refractivity contribution in [1.82, 2.24) is 5.32 Å². The highest BCUT2D eigenvalue weighted by Crippen LogP contribution is 2.20. The van der Waals surface area contributed by atoms with Crippen molar-refractivity contribution in [2.45, 2.75) is 13.1 Å². The maximum Gasteiger partial charge on any atom is 0.141 e. The van der Waals surface area contributed by atoms with Crippen LogP contribution in [0.25, 0.3) is 0 Å². The van der Waals surface area contributed by atoms with Gasteiger partial charge in [-0.25, -0.2) is 8.78 Å². The molecule has 100 valence electrons. The second-order valence-corrected chi connectivity index (χ2v) is 5.27. The molecule has 0 aliphatic heterocycles. The van der Waals surface area contributed by atoms with Crippen molar-refractivity contribution in [2.24, 2.45) is 0 Å². The van der Waals surface area contributed by atoms with Gasteiger partial charge in [-0.2, -0.15) is 0 Å². The molecule has 5 heteroatoms. The van der Waals surface area contributed by atoms with E-state index < -0.39 is 5.82 Å². The van der Waals surface area contributed by atoms with Gasteiger partial charge in [0.1, 0.15) is 11.6 Å². The summed E-state index contributed by atoms with van der Waals surface area (Å²) in [5, 5.41) is 3.26. The van der Waals surface area contributed by atoms with E-state index in [1.54, 1.807) is 18.2 Å². The summed E-state index contributed by atoms with van der Waals surface area (Å²) in [4.78, 5) is 0. The Morgan fingerprint density at radius 2 is 1.84 bits per heavy atom. The minimum Gasteiger partial charge on any atom is -0.309 e. The molecule has 0 aliphatic carbocycles. The molecular weight excluding hydrogens is 336 g/mol. The van der Waals surface area contributed by atoms with Crippen LogP contribution in [0.15, 0.2) is 40.9 Å². The maximum atomic E-state index is 13.3. The Hall–Kier alpha value is -0.970. The van der Waals surface area contributed by atoms with Crippen LogP contribution in [0.3, 0.4) is 0 Å². The molecule has 0 amide bonds. The number of halogens is 4. The Kier molecular flexibility index (Phi) is 4.91. The van der Waals surface area contributed by atoms with Gasteiger partial charge in [-0.05, 0) is 45.3 Å². The van der Waals surface area contributed by atoms with E-state index in [0.717, 1.165) is 11.1 Å². The minimum absolute atomic E-state index is 0.103. The predicted octanol–water partition coefficient (Wildman–Crippen LogP) is 4.67. The van der Waals surface area contributed by atoms with Gasteiger partial charge in [0.15, 0.2) is 0 Å². The molecule has 0 atom stereocenters. The smallest absolute Gasteiger partial charge is 0.141 e. The summed E-state index contributed by atoms with van der Waals surface area (Å²) >= 11 is 8.90. The standard InChI is InChI=1S/C14H11BrClF2N/c15-14-10(2-1-3-13(14)18)8-19-7-9-4-5-12(17)11(16)6-9/h1-6,19H,7-8H2. The number of benzene rings is 2. The van der Waals surface area contributed by atoms with Crippen LogP contribution in [0.5, 0.6) is 0 Å². The molecule has 0 heterocycles. The first-order valence-corrected chi connectivity index (χ1v) is 6.82. The Morgan fingerprint density at radius 1 is 1.05 bits per heavy atom. The molecule has 0 bridgehead atoms. The molecule has 0 radical (unpaired) electrons. The Labute approximate surface area is 123 Å². The van der Waals surface area contributed by atoms with Gasteiger partial charge in [-0.1, -0.05) is 29.8 Å². The second kappa shape index (κ2) is 6.46. The lowest BCUT2D eigenvalue weighted by molar-refractivity contribution is 0.611. The average molecular weight is 347 g/mol. The van der Waals surface area contributed by atoms with Crippen LogP contribution in [0.4, 0.5) is 8.78 Å². The zero-order valence-corrected chi connectivity index (χ0v) is 12.2. The number of hydrogen-bond acceptors (Lipinski definition) is 1. The molecule has 2 aromatic carbocycles. The van der Waals surface area contributed by atoms with E-state index in [1.165, 1.54) is 12.1 Å². The quantitative estimate of drug-likeness (QED) is 0.848. The van der Waals surface area contributed by atoms with Gasteiger partial charge in [0.25, 0.3) is 0 Å². The van der Waals surface area contributed by atoms with Gasteiger partial charge in [0.05, 0.1) is 9.50 Å². The highest BCUT2D eigenvalue weighted by Gasteiger charge is 2.05. The van der Waals surface area contributed by atoms with Crippen LogP contribution in [-0.2, 0) is 13.1 Å². The van der Waals surface area contributed by atoms with Crippen LogP contribution in [0.1, 0.15) is 11.1 Å². The Morgan fingerprint density at radius 3 is 2.58 bits per heavy atom. The predicted molar refractivity (Wildman–Crippen MR) is 76.1 cm³/mol. The minimum atomic E-state index is -0.432. The topological polar surface area (TPSA) is 12.0 Å². The second-order valence-electron chi connectivity index (χ2n) is 4.06. The highest BCUT2D eigenvalue weighted by atomic mass is 79.9. The summed E-state index contributed by atoms with van der Waals surface area (Å²) in [6.45, 7) is 1.04. The molecular formula is C14H11BrClF2N. The molecule has 2 aromatic rings. The first kappa shape index (κ1) is 14.4. The van der Waals surface area contributed by atoms with Gasteiger partial charge >= 0.3 is 0 Å². The highest BCUT2D eigenvalue weighted by molar-refractivity contribution is 9.10. The van der Waals surface area contributed by atoms with E-state index in [4.69, 9.17) is 11.6 Å². The first-order chi connectivity index (χ1) is 9.08. The largest absolute Gasteiger partial charge is 0.309 e. The van der Waals surface area contributed by atoms with Crippen LogP contribution in [0.2, 0.25) is 5.02 Å². The summed E-state index contributed by atoms with van der Waals surface area (Å²) in [6, 6.07) is 9.45. The third-order valence-electron chi connectivity index (χ3n) is 2.66. The number of rotatable bonds is 4. The molecule has 1 nitrogen and oxygen atoms in total. The van der Waals surface area contributed by atoms with Crippen LogP contribution < -0.4 is 5.32 Å². The van der Waals surface area contributed by atoms with Crippen molar-refractivity contribution in [3.05, 3.63) is 68.7 Å². The lowest BCUT2D eigenvalue weighted by Gasteiger charge is -2.08. The monoisotopic (exact) mass is 345 g/mol. The van der Waals surface area contributed by atoms with Crippen LogP contribution in [0, 0.1) is 11.6 Å². The van der Waals surface area contributed by atoms with E-state index >= 15 is 0 Å². The molecule has 0 spiro atoms. The first-order valence-electron chi connectivity index (χ1n) is 5.65. The van der Waals surface area contributed by atoms with Gasteiger partial charge in [0.2, 0.25) is 0 Å². The maximum absolute atomic E-state index is 13.3. The molecule has 0 saturated heterocycles. The normalized spacial score (nSPS) is 10.7. The van der Waals surface area contributed by atoms with E-state index in [2.05, 4.69) is 21.2 Å². The lowest BCUT2D eigenvalue weighted by atomic mass is 10.2. The fourth-order valence-electron chi connectivity index (χ4n) is 1.68. The Balaban J connectivity index is 1.96. The number of nitrogens with one attached hydrogen (secondary N) is 1. The zero-order chi connectivity index (χ0) is 13.8. The third-order valence-corrected chi connectivity index (χ3v) is 3.84. The van der Waals surface area contributed by atoms with Gasteiger partial charge in [0, 0.05) is 13.1 Å². The number of hydrogen-bond donors (Lipinski definition) is 1. The Bertz CT molecular complexity index is 590. The summed E-state index contributed by atoms with van der Waals surface area (Å²) in [7, 11) is 0. The van der Waals surface area contributed by atoms with E-state index in [-0.39, 0.29) is 10.8 Å². The fraction of sp³-hybridized carbons (Fsp3) is 0.143. The van der Waals surface area contributed by atoms with Gasteiger partial charge in [-0.3, -0.25) is 0 Å². The fourth-order valence-corrected chi connectivity index (χ4v) is 2.28. The molecule has 2 rings (SSSR count). The SMILES string of the molecule is Fc1ccc(CNCc2cccc(F)c2Br)cc1Cl. The summed E-state index contributed by atoms with van der Waals surface area (Å²) in [6.07, 6.45) is 0. The molecule has 0 unspecified atom stereocenters. The third kappa shape index (κ3) is 3.75. The van der Waals surface area contributed by atoms with E-state index in [1.807, 2.05) is 6.07 Å². The molecule has 19 heavy (non-hydrogen) atoms. The van der Waals surface area contributed by atoms with E-state index in [9.17, 15) is 8.78 Å². The molecule has 1 N–H and O–H groups in total. The molecule has 0 saturated carbocycles. The van der Waals surface area contributed by atoms with Crippen molar-refractivity contribution in [3.63, 3.8) is 0 Å². The summed E-state index contributed by atoms with van der Waals surface area (Å²) < 4.78 is 26.7. The van der Waals surface area contributed by atoms with Crippen LogP contribution in [-0.4, -0.2) is 0 Å². The van der Waals surface area contributed by atoms with Crippen molar-refractivity contribution >= 4 is 27.5 Å². The molecule has 0 fully saturated rings. The average Bonchev–Trinajstić information content (AvgIpc) is 2.39. The van der Waals surface area contributed by atoms with Crippen molar-refractivity contribution in [1.29, 1.82) is 0 Å². The van der Waals surface area contributed by atoms with Gasteiger partial charge in [-0.15, -0.1) is 0 Å². The lowest BCUT2D eigenvalue weighted by Crippen LogP contribution is -2.13. The zero-order valence-electron chi connectivity index (χ0n) is 9.89. The van der Waals surface area contributed by atoms with Crippen molar-refractivity contribution in [3.8, 4) is 0 Å². The van der Waals surface area contributed by atoms with Gasteiger partial charge < -0.3 is 5.32 Å². The summed E-state index contributed by atoms with van der Waals surface area (Å²) in [5.74, 6) is -0.720. The van der Waals surface area contributed by atoms with Crippen molar-refractivity contribution in [2.75, 3.05) is 0 Å². The van der Waals surface area contributed by atoms with Crippen molar-refractivity contribution < 1.29 is 8.78 Å². The van der Waals surface area contributed by atoms with E-state index in [0.29, 0.717) is 17.6 Å². The summed E-state index contributed by atoms with van der Waals surface area (Å²) in [5.41, 5.74) is 1.70. The van der Waals surface area contributed by atoms with Crippen LogP contribution >= 0.6 is 27.5 Å². The molecule has 0 aromatic heterocycles. The molecule has 0 aliphatic rings.